The summed E-state index contributed by atoms with van der Waals surface area (Å²) >= 11 is 3.32. The fraction of sp³-hybridized carbons (Fsp3) is 0.312. The molecule has 0 bridgehead atoms. The molecule has 110 valence electrons. The highest BCUT2D eigenvalue weighted by atomic mass is 79.9. The third kappa shape index (κ3) is 4.25. The van der Waals surface area contributed by atoms with Crippen LogP contribution in [0.4, 0.5) is 4.39 Å². The number of benzene rings is 1. The summed E-state index contributed by atoms with van der Waals surface area (Å²) in [6.45, 7) is 0.958. The maximum absolute atomic E-state index is 14.0. The van der Waals surface area contributed by atoms with E-state index < -0.39 is 0 Å². The molecule has 3 nitrogen and oxygen atoms in total. The SMILES string of the molecule is Fc1cc(CNC2CC2)ccc1OCc1ccc(Br)cn1. The van der Waals surface area contributed by atoms with Crippen molar-refractivity contribution in [3.63, 3.8) is 0 Å². The van der Waals surface area contributed by atoms with Gasteiger partial charge in [0.2, 0.25) is 0 Å². The normalized spacial score (nSPS) is 14.2. The molecule has 1 aromatic heterocycles. The summed E-state index contributed by atoms with van der Waals surface area (Å²) in [4.78, 5) is 4.19. The van der Waals surface area contributed by atoms with Crippen LogP contribution in [0, 0.1) is 5.82 Å². The maximum Gasteiger partial charge on any atom is 0.165 e. The molecule has 3 rings (SSSR count). The molecule has 2 aromatic rings. The van der Waals surface area contributed by atoms with E-state index in [1.54, 1.807) is 12.3 Å². The maximum atomic E-state index is 14.0. The number of nitrogens with zero attached hydrogens (tertiary/aromatic N) is 1. The number of ether oxygens (including phenoxy) is 1. The van der Waals surface area contributed by atoms with Gasteiger partial charge in [-0.05, 0) is 58.6 Å². The summed E-state index contributed by atoms with van der Waals surface area (Å²) < 4.78 is 20.4. The lowest BCUT2D eigenvalue weighted by molar-refractivity contribution is 0.285. The summed E-state index contributed by atoms with van der Waals surface area (Å²) in [6, 6.07) is 9.44. The molecule has 0 atom stereocenters. The molecule has 0 saturated heterocycles. The number of halogens is 2. The molecule has 0 amide bonds. The quantitative estimate of drug-likeness (QED) is 0.859. The van der Waals surface area contributed by atoms with Crippen molar-refractivity contribution in [1.82, 2.24) is 10.3 Å². The first-order chi connectivity index (χ1) is 10.2. The highest BCUT2D eigenvalue weighted by molar-refractivity contribution is 9.10. The van der Waals surface area contributed by atoms with Crippen LogP contribution in [0.1, 0.15) is 24.1 Å². The Morgan fingerprint density at radius 2 is 2.14 bits per heavy atom. The minimum absolute atomic E-state index is 0.254. The van der Waals surface area contributed by atoms with Gasteiger partial charge >= 0.3 is 0 Å². The fourth-order valence-electron chi connectivity index (χ4n) is 1.96. The van der Waals surface area contributed by atoms with Crippen LogP contribution in [-0.4, -0.2) is 11.0 Å². The Labute approximate surface area is 131 Å². The van der Waals surface area contributed by atoms with Crippen molar-refractivity contribution >= 4 is 15.9 Å². The topological polar surface area (TPSA) is 34.1 Å². The highest BCUT2D eigenvalue weighted by Crippen LogP contribution is 2.22. The smallest absolute Gasteiger partial charge is 0.165 e. The van der Waals surface area contributed by atoms with Crippen molar-refractivity contribution in [1.29, 1.82) is 0 Å². The van der Waals surface area contributed by atoms with Gasteiger partial charge in [0.15, 0.2) is 11.6 Å². The first-order valence-corrected chi connectivity index (χ1v) is 7.75. The second-order valence-electron chi connectivity index (χ2n) is 5.18. The van der Waals surface area contributed by atoms with Crippen LogP contribution in [0.3, 0.4) is 0 Å². The number of hydrogen-bond donors (Lipinski definition) is 1. The van der Waals surface area contributed by atoms with E-state index in [0.717, 1.165) is 15.7 Å². The van der Waals surface area contributed by atoms with Gasteiger partial charge in [-0.3, -0.25) is 4.98 Å². The van der Waals surface area contributed by atoms with E-state index in [4.69, 9.17) is 4.74 Å². The molecule has 21 heavy (non-hydrogen) atoms. The molecule has 1 heterocycles. The Morgan fingerprint density at radius 3 is 2.81 bits per heavy atom. The lowest BCUT2D eigenvalue weighted by Gasteiger charge is -2.09. The number of aromatic nitrogens is 1. The van der Waals surface area contributed by atoms with E-state index >= 15 is 0 Å². The first-order valence-electron chi connectivity index (χ1n) is 6.96. The zero-order valence-corrected chi connectivity index (χ0v) is 13.1. The van der Waals surface area contributed by atoms with Gasteiger partial charge in [-0.2, -0.15) is 0 Å². The summed E-state index contributed by atoms with van der Waals surface area (Å²) in [5.74, 6) is -0.0721. The molecule has 1 aliphatic carbocycles. The molecule has 0 aliphatic heterocycles. The van der Waals surface area contributed by atoms with Crippen molar-refractivity contribution in [2.45, 2.75) is 32.0 Å². The molecule has 0 radical (unpaired) electrons. The van der Waals surface area contributed by atoms with E-state index in [0.29, 0.717) is 12.6 Å². The monoisotopic (exact) mass is 350 g/mol. The predicted molar refractivity (Wildman–Crippen MR) is 82.5 cm³/mol. The van der Waals surface area contributed by atoms with Crippen molar-refractivity contribution < 1.29 is 9.13 Å². The summed E-state index contributed by atoms with van der Waals surface area (Å²) in [5.41, 5.74) is 1.70. The van der Waals surface area contributed by atoms with E-state index in [2.05, 4.69) is 26.2 Å². The molecule has 1 fully saturated rings. The molecule has 1 aliphatic rings. The Balaban J connectivity index is 1.58. The van der Waals surface area contributed by atoms with Crippen molar-refractivity contribution in [3.05, 3.63) is 58.1 Å². The van der Waals surface area contributed by atoms with E-state index in [1.807, 2.05) is 18.2 Å². The predicted octanol–water partition coefficient (Wildman–Crippen LogP) is 3.81. The Kier molecular flexibility index (Phi) is 4.51. The Hall–Kier alpha value is -1.46. The van der Waals surface area contributed by atoms with Gasteiger partial charge in [-0.1, -0.05) is 6.07 Å². The average Bonchev–Trinajstić information content (AvgIpc) is 3.30. The van der Waals surface area contributed by atoms with Gasteiger partial charge in [0, 0.05) is 23.3 Å². The molecule has 5 heteroatoms. The average molecular weight is 351 g/mol. The zero-order chi connectivity index (χ0) is 14.7. The Bertz CT molecular complexity index is 614. The Morgan fingerprint density at radius 1 is 1.29 bits per heavy atom. The van der Waals surface area contributed by atoms with Crippen LogP contribution in [-0.2, 0) is 13.2 Å². The highest BCUT2D eigenvalue weighted by Gasteiger charge is 2.20. The molecular weight excluding hydrogens is 335 g/mol. The lowest BCUT2D eigenvalue weighted by atomic mass is 10.2. The molecule has 1 aromatic carbocycles. The standard InChI is InChI=1S/C16H16BrFN2O/c17-12-2-3-14(20-9-12)10-21-16-6-1-11(7-15(16)18)8-19-13-4-5-13/h1-3,6-7,9,13,19H,4-5,8,10H2. The van der Waals surface area contributed by atoms with Crippen LogP contribution in [0.5, 0.6) is 5.75 Å². The van der Waals surface area contributed by atoms with Crippen LogP contribution >= 0.6 is 15.9 Å². The second kappa shape index (κ2) is 6.54. The number of rotatable bonds is 6. The fourth-order valence-corrected chi connectivity index (χ4v) is 2.20. The minimum atomic E-state index is -0.331. The number of hydrogen-bond acceptors (Lipinski definition) is 3. The largest absolute Gasteiger partial charge is 0.484 e. The van der Waals surface area contributed by atoms with Crippen molar-refractivity contribution in [2.75, 3.05) is 0 Å². The van der Waals surface area contributed by atoms with Crippen molar-refractivity contribution in [2.24, 2.45) is 0 Å². The molecule has 0 spiro atoms. The second-order valence-corrected chi connectivity index (χ2v) is 6.09. The van der Waals surface area contributed by atoms with Gasteiger partial charge in [0.25, 0.3) is 0 Å². The summed E-state index contributed by atoms with van der Waals surface area (Å²) in [7, 11) is 0. The molecule has 0 unspecified atom stereocenters. The van der Waals surface area contributed by atoms with Crippen LogP contribution < -0.4 is 10.1 Å². The molecule has 1 saturated carbocycles. The molecule has 1 N–H and O–H groups in total. The van der Waals surface area contributed by atoms with E-state index in [-0.39, 0.29) is 18.2 Å². The van der Waals surface area contributed by atoms with Gasteiger partial charge in [-0.15, -0.1) is 0 Å². The molecular formula is C16H16BrFN2O. The van der Waals surface area contributed by atoms with Gasteiger partial charge in [-0.25, -0.2) is 4.39 Å². The number of nitrogens with one attached hydrogen (secondary N) is 1. The van der Waals surface area contributed by atoms with Crippen molar-refractivity contribution in [3.8, 4) is 5.75 Å². The van der Waals surface area contributed by atoms with E-state index in [1.165, 1.54) is 18.9 Å². The minimum Gasteiger partial charge on any atom is -0.484 e. The van der Waals surface area contributed by atoms with Gasteiger partial charge < -0.3 is 10.1 Å². The van der Waals surface area contributed by atoms with E-state index in [9.17, 15) is 4.39 Å². The third-order valence-corrected chi connectivity index (χ3v) is 3.80. The third-order valence-electron chi connectivity index (χ3n) is 3.33. The van der Waals surface area contributed by atoms with Crippen LogP contribution in [0.15, 0.2) is 41.0 Å². The van der Waals surface area contributed by atoms with Gasteiger partial charge in [0.05, 0.1) is 5.69 Å². The summed E-state index contributed by atoms with van der Waals surface area (Å²) in [6.07, 6.45) is 4.15. The van der Waals surface area contributed by atoms with Gasteiger partial charge in [0.1, 0.15) is 6.61 Å². The number of pyridine rings is 1. The van der Waals surface area contributed by atoms with Crippen LogP contribution in [0.25, 0.3) is 0 Å². The van der Waals surface area contributed by atoms with Crippen LogP contribution in [0.2, 0.25) is 0 Å². The lowest BCUT2D eigenvalue weighted by Crippen LogP contribution is -2.15. The summed E-state index contributed by atoms with van der Waals surface area (Å²) in [5, 5.41) is 3.36. The zero-order valence-electron chi connectivity index (χ0n) is 11.5. The first kappa shape index (κ1) is 14.5.